The van der Waals surface area contributed by atoms with Gasteiger partial charge in [-0.3, -0.25) is 37.3 Å². The van der Waals surface area contributed by atoms with Crippen LogP contribution in [0.4, 0.5) is 0 Å². The van der Waals surface area contributed by atoms with Crippen LogP contribution in [0.1, 0.15) is 485 Å². The van der Waals surface area contributed by atoms with Gasteiger partial charge in [-0.2, -0.15) is 0 Å². The average molecular weight is 1590 g/mol. The van der Waals surface area contributed by atoms with Crippen molar-refractivity contribution in [3.8, 4) is 0 Å². The number of phosphoric ester groups is 2. The monoisotopic (exact) mass is 1590 g/mol. The van der Waals surface area contributed by atoms with E-state index >= 15 is 0 Å². The van der Waals surface area contributed by atoms with E-state index in [4.69, 9.17) is 37.0 Å². The first kappa shape index (κ1) is 107. The fourth-order valence-corrected chi connectivity index (χ4v) is 15.7. The molecular weight excluding hydrogens is 1410 g/mol. The highest BCUT2D eigenvalue weighted by Crippen LogP contribution is 2.45. The molecule has 0 aromatic heterocycles. The molecule has 648 valence electrons. The van der Waals surface area contributed by atoms with Crippen LogP contribution in [-0.4, -0.2) is 96.7 Å². The van der Waals surface area contributed by atoms with E-state index in [1.165, 1.54) is 302 Å². The fraction of sp³-hybridized carbons (Fsp3) is 0.956. The minimum atomic E-state index is -4.97. The van der Waals surface area contributed by atoms with Crippen LogP contribution in [-0.2, 0) is 65.4 Å². The molecule has 2 unspecified atom stereocenters. The number of rotatable bonds is 89. The van der Waals surface area contributed by atoms with Crippen molar-refractivity contribution < 1.29 is 80.2 Å². The number of ether oxygens (including phenoxy) is 4. The Morgan fingerprint density at radius 1 is 0.248 bits per heavy atom. The first-order valence-corrected chi connectivity index (χ1v) is 49.5. The third kappa shape index (κ3) is 83.8. The number of esters is 4. The molecule has 3 N–H and O–H groups in total. The molecular formula is C90H176O17P2. The second-order valence-corrected chi connectivity index (χ2v) is 36.2. The summed E-state index contributed by atoms with van der Waals surface area (Å²) in [6.07, 6.45) is 75.1. The zero-order chi connectivity index (χ0) is 79.9. The number of aliphatic hydroxyl groups is 1. The van der Waals surface area contributed by atoms with Gasteiger partial charge < -0.3 is 33.8 Å². The lowest BCUT2D eigenvalue weighted by atomic mass is 10.0. The van der Waals surface area contributed by atoms with Gasteiger partial charge >= 0.3 is 39.5 Å². The van der Waals surface area contributed by atoms with Crippen molar-refractivity contribution in [1.29, 1.82) is 0 Å². The summed E-state index contributed by atoms with van der Waals surface area (Å²) in [4.78, 5) is 73.3. The Bertz CT molecular complexity index is 2080. The molecule has 0 saturated carbocycles. The van der Waals surface area contributed by atoms with Gasteiger partial charge in [0.15, 0.2) is 12.2 Å². The number of carbonyl (C=O) groups excluding carboxylic acids is 4. The summed E-state index contributed by atoms with van der Waals surface area (Å²) < 4.78 is 69.0. The zero-order valence-electron chi connectivity index (χ0n) is 71.9. The predicted octanol–water partition coefficient (Wildman–Crippen LogP) is 27.8. The maximum atomic E-state index is 13.2. The highest BCUT2D eigenvalue weighted by atomic mass is 31.2. The highest BCUT2D eigenvalue weighted by molar-refractivity contribution is 7.47. The minimum Gasteiger partial charge on any atom is -0.462 e. The van der Waals surface area contributed by atoms with Crippen LogP contribution in [0.25, 0.3) is 0 Å². The quantitative estimate of drug-likeness (QED) is 0.0222. The molecule has 109 heavy (non-hydrogen) atoms. The molecule has 0 aromatic rings. The molecule has 0 aliphatic rings. The van der Waals surface area contributed by atoms with Gasteiger partial charge in [-0.15, -0.1) is 0 Å². The van der Waals surface area contributed by atoms with E-state index in [2.05, 4.69) is 41.5 Å². The normalized spacial score (nSPS) is 13.8. The third-order valence-corrected chi connectivity index (χ3v) is 23.1. The Hall–Kier alpha value is -1.94. The Kier molecular flexibility index (Phi) is 79.8. The van der Waals surface area contributed by atoms with Crippen molar-refractivity contribution in [2.45, 2.75) is 503 Å². The van der Waals surface area contributed by atoms with Crippen LogP contribution >= 0.6 is 15.6 Å². The summed E-state index contributed by atoms with van der Waals surface area (Å²) in [5.74, 6) is -0.474. The Balaban J connectivity index is 5.22. The molecule has 0 aliphatic heterocycles. The van der Waals surface area contributed by atoms with Crippen LogP contribution in [0.3, 0.4) is 0 Å². The molecule has 0 aromatic carbocycles. The van der Waals surface area contributed by atoms with Crippen molar-refractivity contribution in [2.75, 3.05) is 39.6 Å². The Morgan fingerprint density at radius 3 is 0.624 bits per heavy atom. The number of aliphatic hydroxyl groups excluding tert-OH is 1. The molecule has 0 spiro atoms. The number of hydrogen-bond donors (Lipinski definition) is 3. The van der Waals surface area contributed by atoms with E-state index in [1.807, 2.05) is 0 Å². The Morgan fingerprint density at radius 2 is 0.422 bits per heavy atom. The van der Waals surface area contributed by atoms with Gasteiger partial charge in [0.2, 0.25) is 0 Å². The number of hydrogen-bond acceptors (Lipinski definition) is 15. The number of unbranched alkanes of at least 4 members (excludes halogenated alkanes) is 59. The molecule has 0 radical (unpaired) electrons. The molecule has 0 heterocycles. The van der Waals surface area contributed by atoms with Crippen LogP contribution in [0.15, 0.2) is 0 Å². The van der Waals surface area contributed by atoms with Crippen molar-refractivity contribution in [1.82, 2.24) is 0 Å². The lowest BCUT2D eigenvalue weighted by Crippen LogP contribution is -2.30. The molecule has 0 aliphatic carbocycles. The molecule has 0 fully saturated rings. The second kappa shape index (κ2) is 81.2. The first-order chi connectivity index (χ1) is 52.9. The Labute approximate surface area is 670 Å². The molecule has 0 amide bonds. The molecule has 5 atom stereocenters. The largest absolute Gasteiger partial charge is 0.472 e. The van der Waals surface area contributed by atoms with Crippen LogP contribution in [0.5, 0.6) is 0 Å². The number of phosphoric acid groups is 2. The van der Waals surface area contributed by atoms with Gasteiger partial charge in [0.1, 0.15) is 19.3 Å². The van der Waals surface area contributed by atoms with Gasteiger partial charge in [0, 0.05) is 25.7 Å². The summed E-state index contributed by atoms with van der Waals surface area (Å²) in [5, 5.41) is 10.7. The standard InChI is InChI=1S/C90H176O17P2/c1-7-9-11-13-15-17-19-20-21-22-23-24-28-33-38-43-49-55-61-67-73-88(93)101-79-86(107-90(95)74-68-62-56-50-44-39-34-29-26-25-27-31-36-41-46-52-58-64-70-82(3)4)81-105-109(98,99)103-77-84(91)76-102-108(96,97)104-80-85(78-100-87(92)72-66-60-54-48-18-16-14-12-10-8-2)106-89(94)75-69-63-57-51-45-40-35-30-32-37-42-47-53-59-65-71-83(5)6/h82-86,91H,7-81H2,1-6H3,(H,96,97)(H,98,99)/t84-,85+,86+/m0/s1. The topological polar surface area (TPSA) is 237 Å². The molecule has 0 rings (SSSR count). The van der Waals surface area contributed by atoms with Gasteiger partial charge in [0.05, 0.1) is 26.4 Å². The van der Waals surface area contributed by atoms with Gasteiger partial charge in [0.25, 0.3) is 0 Å². The van der Waals surface area contributed by atoms with Gasteiger partial charge in [-0.05, 0) is 37.5 Å². The maximum absolute atomic E-state index is 13.2. The molecule has 17 nitrogen and oxygen atoms in total. The van der Waals surface area contributed by atoms with Gasteiger partial charge in [-0.25, -0.2) is 9.13 Å². The summed E-state index contributed by atoms with van der Waals surface area (Å²) >= 11 is 0. The van der Waals surface area contributed by atoms with Gasteiger partial charge in [-0.1, -0.05) is 433 Å². The van der Waals surface area contributed by atoms with E-state index in [0.29, 0.717) is 25.7 Å². The van der Waals surface area contributed by atoms with E-state index in [-0.39, 0.29) is 25.7 Å². The van der Waals surface area contributed by atoms with Crippen molar-refractivity contribution in [3.05, 3.63) is 0 Å². The second-order valence-electron chi connectivity index (χ2n) is 33.3. The lowest BCUT2D eigenvalue weighted by molar-refractivity contribution is -0.161. The lowest BCUT2D eigenvalue weighted by Gasteiger charge is -2.21. The summed E-state index contributed by atoms with van der Waals surface area (Å²) in [6, 6.07) is 0. The van der Waals surface area contributed by atoms with E-state index in [9.17, 15) is 43.2 Å². The highest BCUT2D eigenvalue weighted by Gasteiger charge is 2.31. The van der Waals surface area contributed by atoms with Crippen LogP contribution in [0.2, 0.25) is 0 Å². The summed E-state index contributed by atoms with van der Waals surface area (Å²) in [5.41, 5.74) is 0. The third-order valence-electron chi connectivity index (χ3n) is 21.2. The van der Waals surface area contributed by atoms with Crippen molar-refractivity contribution >= 4 is 39.5 Å². The smallest absolute Gasteiger partial charge is 0.462 e. The number of carbonyl (C=O) groups is 4. The van der Waals surface area contributed by atoms with Crippen LogP contribution in [0, 0.1) is 11.8 Å². The molecule has 19 heteroatoms. The SMILES string of the molecule is CCCCCCCCCCCCCCCCCCCCCCC(=O)OC[C@H](COP(=O)(O)OC[C@@H](O)COP(=O)(O)OC[C@@H](COC(=O)CCCCCCCCCCCC)OC(=O)CCCCCCCCCCCCCCCCCC(C)C)OC(=O)CCCCCCCCCCCCCCCCCCCCC(C)C. The van der Waals surface area contributed by atoms with Crippen molar-refractivity contribution in [2.24, 2.45) is 11.8 Å². The molecule has 0 saturated heterocycles. The zero-order valence-corrected chi connectivity index (χ0v) is 73.7. The molecule has 0 bridgehead atoms. The van der Waals surface area contributed by atoms with E-state index in [0.717, 1.165) is 102 Å². The first-order valence-electron chi connectivity index (χ1n) is 46.5. The average Bonchev–Trinajstić information content (AvgIpc) is 0.902. The summed E-state index contributed by atoms with van der Waals surface area (Å²) in [6.45, 7) is 9.75. The summed E-state index contributed by atoms with van der Waals surface area (Å²) in [7, 11) is -9.93. The van der Waals surface area contributed by atoms with E-state index in [1.54, 1.807) is 0 Å². The fourth-order valence-electron chi connectivity index (χ4n) is 14.1. The van der Waals surface area contributed by atoms with Crippen LogP contribution < -0.4 is 0 Å². The van der Waals surface area contributed by atoms with E-state index < -0.39 is 97.5 Å². The minimum absolute atomic E-state index is 0.108. The predicted molar refractivity (Wildman–Crippen MR) is 451 cm³/mol. The van der Waals surface area contributed by atoms with Crippen molar-refractivity contribution in [3.63, 3.8) is 0 Å². The maximum Gasteiger partial charge on any atom is 0.472 e.